The van der Waals surface area contributed by atoms with E-state index in [1.54, 1.807) is 48.5 Å². The zero-order valence-electron chi connectivity index (χ0n) is 30.0. The van der Waals surface area contributed by atoms with E-state index in [9.17, 15) is 19.2 Å². The Balaban J connectivity index is 1.55. The molecule has 2 aliphatic rings. The molecule has 0 saturated heterocycles. The first kappa shape index (κ1) is 32.9. The molecule has 252 valence electrons. The third-order valence-electron chi connectivity index (χ3n) is 10.5. The summed E-state index contributed by atoms with van der Waals surface area (Å²) < 4.78 is 0. The molecular formula is C48H36O4. The second-order valence-electron chi connectivity index (χ2n) is 14.2. The van der Waals surface area contributed by atoms with Gasteiger partial charge >= 0.3 is 0 Å². The van der Waals surface area contributed by atoms with Crippen LogP contribution < -0.4 is 10.4 Å². The van der Waals surface area contributed by atoms with Crippen molar-refractivity contribution in [3.63, 3.8) is 0 Å². The zero-order chi connectivity index (χ0) is 36.6. The lowest BCUT2D eigenvalue weighted by Crippen LogP contribution is -2.16. The van der Waals surface area contributed by atoms with Gasteiger partial charge in [0.1, 0.15) is 0 Å². The van der Waals surface area contributed by atoms with Gasteiger partial charge in [0.15, 0.2) is 23.1 Å². The van der Waals surface area contributed by atoms with Gasteiger partial charge in [0.2, 0.25) is 0 Å². The number of rotatable bonds is 2. The van der Waals surface area contributed by atoms with Gasteiger partial charge in [0, 0.05) is 22.3 Å². The monoisotopic (exact) mass is 676 g/mol. The molecule has 0 bridgehead atoms. The van der Waals surface area contributed by atoms with Crippen LogP contribution in [0.5, 0.6) is 0 Å². The van der Waals surface area contributed by atoms with Crippen LogP contribution in [-0.4, -0.2) is 23.1 Å². The summed E-state index contributed by atoms with van der Waals surface area (Å²) in [6, 6.07) is 34.3. The predicted octanol–water partition coefficient (Wildman–Crippen LogP) is 8.62. The number of Topliss-reactive ketones (excluding diaryl/α,β-unsaturated/α-hetero) is 4. The molecule has 8 rings (SSSR count). The van der Waals surface area contributed by atoms with Crippen molar-refractivity contribution < 1.29 is 19.2 Å². The van der Waals surface area contributed by atoms with Gasteiger partial charge in [-0.3, -0.25) is 19.2 Å². The van der Waals surface area contributed by atoms with Gasteiger partial charge in [0.25, 0.3) is 0 Å². The summed E-state index contributed by atoms with van der Waals surface area (Å²) in [6.07, 6.45) is 0. The van der Waals surface area contributed by atoms with E-state index >= 15 is 0 Å². The molecule has 0 radical (unpaired) electrons. The average Bonchev–Trinajstić information content (AvgIpc) is 3.51. The summed E-state index contributed by atoms with van der Waals surface area (Å²) in [5, 5.41) is 2.96. The Hall–Kier alpha value is -6.26. The van der Waals surface area contributed by atoms with Crippen LogP contribution in [-0.2, 0) is 0 Å². The van der Waals surface area contributed by atoms with E-state index < -0.39 is 0 Å². The van der Waals surface area contributed by atoms with Crippen molar-refractivity contribution in [1.29, 1.82) is 0 Å². The largest absolute Gasteiger partial charge is 0.288 e. The Kier molecular flexibility index (Phi) is 7.73. The summed E-state index contributed by atoms with van der Waals surface area (Å²) in [5.74, 6) is -1.07. The predicted molar refractivity (Wildman–Crippen MR) is 206 cm³/mol. The summed E-state index contributed by atoms with van der Waals surface area (Å²) in [4.78, 5) is 54.9. The molecule has 4 nitrogen and oxygen atoms in total. The van der Waals surface area contributed by atoms with E-state index in [0.29, 0.717) is 32.7 Å². The van der Waals surface area contributed by atoms with Crippen LogP contribution in [0.2, 0.25) is 0 Å². The minimum atomic E-state index is -0.267. The number of benzene rings is 6. The van der Waals surface area contributed by atoms with Crippen LogP contribution in [0.3, 0.4) is 0 Å². The van der Waals surface area contributed by atoms with Crippen molar-refractivity contribution in [2.24, 2.45) is 0 Å². The van der Waals surface area contributed by atoms with Gasteiger partial charge in [0.05, 0.1) is 11.1 Å². The van der Waals surface area contributed by atoms with E-state index in [1.165, 1.54) is 0 Å². The average molecular weight is 677 g/mol. The smallest absolute Gasteiger partial charge is 0.198 e. The maximum absolute atomic E-state index is 13.7. The van der Waals surface area contributed by atoms with Crippen LogP contribution in [0.15, 0.2) is 109 Å². The number of fused-ring (bicyclic) bond motifs is 2. The summed E-state index contributed by atoms with van der Waals surface area (Å²) >= 11 is 0. The van der Waals surface area contributed by atoms with Crippen molar-refractivity contribution >= 4 is 34.3 Å². The van der Waals surface area contributed by atoms with Gasteiger partial charge in [-0.25, -0.2) is 0 Å². The van der Waals surface area contributed by atoms with Crippen LogP contribution in [0.25, 0.3) is 33.4 Å². The van der Waals surface area contributed by atoms with Gasteiger partial charge < -0.3 is 0 Å². The molecule has 4 heteroatoms. The molecule has 6 aromatic rings. The Morgan fingerprint density at radius 3 is 0.904 bits per heavy atom. The van der Waals surface area contributed by atoms with E-state index in [-0.39, 0.29) is 34.3 Å². The molecule has 0 N–H and O–H groups in total. The molecule has 0 aliphatic heterocycles. The lowest BCUT2D eigenvalue weighted by atomic mass is 9.88. The highest BCUT2D eigenvalue weighted by Gasteiger charge is 2.34. The topological polar surface area (TPSA) is 68.3 Å². The molecule has 0 aromatic heterocycles. The van der Waals surface area contributed by atoms with Crippen molar-refractivity contribution in [2.75, 3.05) is 0 Å². The number of hydrogen-bond acceptors (Lipinski definition) is 4. The van der Waals surface area contributed by atoms with E-state index in [2.05, 4.69) is 65.8 Å². The molecule has 0 atom stereocenters. The quantitative estimate of drug-likeness (QED) is 0.184. The third-order valence-corrected chi connectivity index (χ3v) is 10.5. The van der Waals surface area contributed by atoms with Gasteiger partial charge in [-0.2, -0.15) is 0 Å². The Morgan fingerprint density at radius 1 is 0.327 bits per heavy atom. The SMILES string of the molecule is Cc1cc(C)c(-c2cc(=C3C(=O)c4ccccc4C3=O)cc/c2=c2/ccc(=C3C(=O)c4ccccc4C3=O)cc2-c2c(C)cc(C)cc2C)c(C)c1. The minimum Gasteiger partial charge on any atom is -0.288 e. The highest BCUT2D eigenvalue weighted by Crippen LogP contribution is 2.34. The molecular weight excluding hydrogens is 641 g/mol. The number of ketones is 4. The normalized spacial score (nSPS) is 14.3. The summed E-state index contributed by atoms with van der Waals surface area (Å²) in [6.45, 7) is 12.5. The van der Waals surface area contributed by atoms with Crippen LogP contribution in [0.4, 0.5) is 0 Å². The molecule has 6 aromatic carbocycles. The maximum Gasteiger partial charge on any atom is 0.198 e. The van der Waals surface area contributed by atoms with Gasteiger partial charge in [-0.15, -0.1) is 0 Å². The molecule has 0 fully saturated rings. The lowest BCUT2D eigenvalue weighted by molar-refractivity contribution is 0.101. The fraction of sp³-hybridized carbons (Fsp3) is 0.125. The zero-order valence-corrected chi connectivity index (χ0v) is 30.0. The fourth-order valence-electron chi connectivity index (χ4n) is 8.52. The first-order chi connectivity index (χ1) is 24.9. The fourth-order valence-corrected chi connectivity index (χ4v) is 8.52. The third kappa shape index (κ3) is 5.05. The molecule has 0 heterocycles. The molecule has 0 saturated carbocycles. The van der Waals surface area contributed by atoms with E-state index in [0.717, 1.165) is 66.1 Å². The van der Waals surface area contributed by atoms with Crippen molar-refractivity contribution in [1.82, 2.24) is 0 Å². The molecule has 52 heavy (non-hydrogen) atoms. The summed E-state index contributed by atoms with van der Waals surface area (Å²) in [5.41, 5.74) is 12.5. The van der Waals surface area contributed by atoms with E-state index in [4.69, 9.17) is 0 Å². The van der Waals surface area contributed by atoms with Crippen LogP contribution >= 0.6 is 0 Å². The molecule has 0 spiro atoms. The maximum atomic E-state index is 13.7. The Bertz CT molecular complexity index is 2550. The Labute approximate surface area is 302 Å². The molecule has 2 aliphatic carbocycles. The minimum absolute atomic E-state index is 0.173. The highest BCUT2D eigenvalue weighted by atomic mass is 16.2. The van der Waals surface area contributed by atoms with Crippen LogP contribution in [0.1, 0.15) is 74.8 Å². The van der Waals surface area contributed by atoms with Gasteiger partial charge in [-0.05, 0) is 119 Å². The van der Waals surface area contributed by atoms with Crippen molar-refractivity contribution in [2.45, 2.75) is 41.5 Å². The first-order valence-electron chi connectivity index (χ1n) is 17.5. The highest BCUT2D eigenvalue weighted by molar-refractivity contribution is 6.56. The number of carbonyl (C=O) groups is 4. The second-order valence-corrected chi connectivity index (χ2v) is 14.2. The standard InChI is InChI=1S/C48H36O4/c1-25-19-27(3)41(28(4)20-25)39-23-31(43-45(49)35-11-7-8-12-36(35)46(43)50)15-17-33(39)34-18-16-32(24-40(34)42-29(5)21-26(2)22-30(42)6)44-47(51)37-13-9-10-14-38(37)48(44)52/h7-24H,1-6H3/b34-33+. The molecule has 0 amide bonds. The van der Waals surface area contributed by atoms with Crippen molar-refractivity contribution in [3.05, 3.63) is 186 Å². The van der Waals surface area contributed by atoms with Crippen molar-refractivity contribution in [3.8, 4) is 22.3 Å². The van der Waals surface area contributed by atoms with Crippen LogP contribution in [0, 0.1) is 52.0 Å². The van der Waals surface area contributed by atoms with Gasteiger partial charge in [-0.1, -0.05) is 108 Å². The number of carbonyl (C=O) groups excluding carboxylic acids is 4. The number of aryl methyl sites for hydroxylation is 6. The number of hydrogen-bond donors (Lipinski definition) is 0. The lowest BCUT2D eigenvalue weighted by Gasteiger charge is -2.16. The first-order valence-corrected chi connectivity index (χ1v) is 17.5. The summed E-state index contributed by atoms with van der Waals surface area (Å²) in [7, 11) is 0. The van der Waals surface area contributed by atoms with E-state index in [1.807, 2.05) is 36.4 Å². The second kappa shape index (κ2) is 12.2. The molecule has 0 unspecified atom stereocenters. The Morgan fingerprint density at radius 2 is 0.615 bits per heavy atom.